The van der Waals surface area contributed by atoms with E-state index >= 15 is 0 Å². The molecule has 0 saturated carbocycles. The van der Waals surface area contributed by atoms with Gasteiger partial charge >= 0.3 is 5.97 Å². The standard InChI is InChI=1S/C13H18FNO4S/c1-8(2)6-11(13(16)17)15-20(18,19)12-5-4-9(3)7-10(12)14/h4-5,7-8,11,15H,6H2,1-3H3,(H,16,17)/t11-/m1/s1. The molecule has 7 heteroatoms. The number of aliphatic carboxylic acids is 1. The molecule has 0 unspecified atom stereocenters. The van der Waals surface area contributed by atoms with Gasteiger partial charge in [-0.1, -0.05) is 19.9 Å². The van der Waals surface area contributed by atoms with Crippen molar-refractivity contribution >= 4 is 16.0 Å². The summed E-state index contributed by atoms with van der Waals surface area (Å²) in [6.07, 6.45) is 0.127. The van der Waals surface area contributed by atoms with Crippen LogP contribution in [0.3, 0.4) is 0 Å². The van der Waals surface area contributed by atoms with Crippen LogP contribution in [-0.4, -0.2) is 25.5 Å². The van der Waals surface area contributed by atoms with Crippen molar-refractivity contribution in [2.45, 2.75) is 38.1 Å². The van der Waals surface area contributed by atoms with Gasteiger partial charge in [-0.05, 0) is 37.0 Å². The lowest BCUT2D eigenvalue weighted by molar-refractivity contribution is -0.139. The van der Waals surface area contributed by atoms with Crippen molar-refractivity contribution in [2.75, 3.05) is 0 Å². The normalized spacial score (nSPS) is 13.4. The maximum Gasteiger partial charge on any atom is 0.321 e. The minimum Gasteiger partial charge on any atom is -0.480 e. The molecule has 0 saturated heterocycles. The summed E-state index contributed by atoms with van der Waals surface area (Å²) in [5.74, 6) is -2.19. The predicted octanol–water partition coefficient (Wildman–Crippen LogP) is 1.91. The maximum atomic E-state index is 13.7. The van der Waals surface area contributed by atoms with Gasteiger partial charge in [0.1, 0.15) is 16.8 Å². The highest BCUT2D eigenvalue weighted by atomic mass is 32.2. The van der Waals surface area contributed by atoms with E-state index in [9.17, 15) is 17.6 Å². The number of hydrogen-bond donors (Lipinski definition) is 2. The fourth-order valence-corrected chi connectivity index (χ4v) is 3.01. The Bertz CT molecular complexity index is 598. The minimum atomic E-state index is -4.20. The van der Waals surface area contributed by atoms with E-state index in [2.05, 4.69) is 0 Å². The summed E-state index contributed by atoms with van der Waals surface area (Å²) >= 11 is 0. The molecule has 0 fully saturated rings. The molecule has 0 bridgehead atoms. The molecule has 0 amide bonds. The van der Waals surface area contributed by atoms with Crippen LogP contribution in [0, 0.1) is 18.7 Å². The maximum absolute atomic E-state index is 13.7. The first-order valence-electron chi connectivity index (χ1n) is 6.14. The van der Waals surface area contributed by atoms with Crippen molar-refractivity contribution < 1.29 is 22.7 Å². The van der Waals surface area contributed by atoms with Gasteiger partial charge in [0.15, 0.2) is 0 Å². The van der Waals surface area contributed by atoms with Crippen LogP contribution in [0.4, 0.5) is 4.39 Å². The lowest BCUT2D eigenvalue weighted by atomic mass is 10.1. The Morgan fingerprint density at radius 2 is 2.00 bits per heavy atom. The van der Waals surface area contributed by atoms with E-state index in [1.54, 1.807) is 20.8 Å². The highest BCUT2D eigenvalue weighted by molar-refractivity contribution is 7.89. The number of benzene rings is 1. The Morgan fingerprint density at radius 1 is 1.40 bits per heavy atom. The van der Waals surface area contributed by atoms with Crippen LogP contribution < -0.4 is 4.72 Å². The second-order valence-corrected chi connectivity index (χ2v) is 6.76. The highest BCUT2D eigenvalue weighted by Gasteiger charge is 2.27. The number of rotatable bonds is 6. The van der Waals surface area contributed by atoms with Gasteiger partial charge in [-0.3, -0.25) is 4.79 Å². The predicted molar refractivity (Wildman–Crippen MR) is 72.3 cm³/mol. The highest BCUT2D eigenvalue weighted by Crippen LogP contribution is 2.17. The largest absolute Gasteiger partial charge is 0.480 e. The molecule has 112 valence electrons. The molecular weight excluding hydrogens is 285 g/mol. The fraction of sp³-hybridized carbons (Fsp3) is 0.462. The molecular formula is C13H18FNO4S. The van der Waals surface area contributed by atoms with Gasteiger partial charge < -0.3 is 5.11 Å². The van der Waals surface area contributed by atoms with Crippen molar-refractivity contribution in [3.63, 3.8) is 0 Å². The monoisotopic (exact) mass is 303 g/mol. The van der Waals surface area contributed by atoms with Gasteiger partial charge in [0.05, 0.1) is 0 Å². The van der Waals surface area contributed by atoms with Crippen LogP contribution in [0.15, 0.2) is 23.1 Å². The van der Waals surface area contributed by atoms with Crippen LogP contribution in [-0.2, 0) is 14.8 Å². The third-order valence-corrected chi connectivity index (χ3v) is 4.18. The summed E-state index contributed by atoms with van der Waals surface area (Å²) in [6.45, 7) is 5.18. The SMILES string of the molecule is Cc1ccc(S(=O)(=O)N[C@H](CC(C)C)C(=O)O)c(F)c1. The molecule has 1 aromatic rings. The van der Waals surface area contributed by atoms with Crippen molar-refractivity contribution in [1.29, 1.82) is 0 Å². The van der Waals surface area contributed by atoms with Gasteiger partial charge in [-0.25, -0.2) is 12.8 Å². The third-order valence-electron chi connectivity index (χ3n) is 2.68. The molecule has 0 aliphatic carbocycles. The first-order valence-corrected chi connectivity index (χ1v) is 7.63. The number of nitrogens with one attached hydrogen (secondary N) is 1. The fourth-order valence-electron chi connectivity index (χ4n) is 1.75. The number of carboxylic acids is 1. The van der Waals surface area contributed by atoms with Crippen molar-refractivity contribution in [3.05, 3.63) is 29.6 Å². The molecule has 20 heavy (non-hydrogen) atoms. The van der Waals surface area contributed by atoms with Gasteiger partial charge in [0.2, 0.25) is 10.0 Å². The van der Waals surface area contributed by atoms with Crippen LogP contribution in [0.1, 0.15) is 25.8 Å². The number of carboxylic acid groups (broad SMARTS) is 1. The molecule has 2 N–H and O–H groups in total. The molecule has 0 aliphatic rings. The number of sulfonamides is 1. The van der Waals surface area contributed by atoms with E-state index in [1.165, 1.54) is 6.07 Å². The van der Waals surface area contributed by atoms with E-state index in [0.717, 1.165) is 12.1 Å². The summed E-state index contributed by atoms with van der Waals surface area (Å²) < 4.78 is 39.8. The van der Waals surface area contributed by atoms with Crippen molar-refractivity contribution in [1.82, 2.24) is 4.72 Å². The average Bonchev–Trinajstić information content (AvgIpc) is 2.26. The summed E-state index contributed by atoms with van der Waals surface area (Å²) in [4.78, 5) is 10.5. The number of halogens is 1. The molecule has 1 aromatic carbocycles. The quantitative estimate of drug-likeness (QED) is 0.841. The zero-order valence-corrected chi connectivity index (χ0v) is 12.4. The van der Waals surface area contributed by atoms with Gasteiger partial charge in [-0.15, -0.1) is 0 Å². The molecule has 0 spiro atoms. The van der Waals surface area contributed by atoms with Gasteiger partial charge in [-0.2, -0.15) is 4.72 Å². The Hall–Kier alpha value is -1.47. The first kappa shape index (κ1) is 16.6. The Morgan fingerprint density at radius 3 is 2.45 bits per heavy atom. The zero-order valence-electron chi connectivity index (χ0n) is 11.6. The van der Waals surface area contributed by atoms with Crippen molar-refractivity contribution in [2.24, 2.45) is 5.92 Å². The Kier molecular flexibility index (Phi) is 5.24. The lowest BCUT2D eigenvalue weighted by Gasteiger charge is -2.17. The topological polar surface area (TPSA) is 83.5 Å². The van der Waals surface area contributed by atoms with Crippen LogP contribution in [0.5, 0.6) is 0 Å². The van der Waals surface area contributed by atoms with Gasteiger partial charge in [0, 0.05) is 0 Å². The van der Waals surface area contributed by atoms with E-state index in [-0.39, 0.29) is 12.3 Å². The Balaban J connectivity index is 3.06. The summed E-state index contributed by atoms with van der Waals surface area (Å²) in [6, 6.07) is 2.39. The van der Waals surface area contributed by atoms with Crippen LogP contribution >= 0.6 is 0 Å². The van der Waals surface area contributed by atoms with Crippen molar-refractivity contribution in [3.8, 4) is 0 Å². The third kappa shape index (κ3) is 4.28. The minimum absolute atomic E-state index is 0.0123. The Labute approximate surface area is 117 Å². The number of carbonyl (C=O) groups is 1. The molecule has 0 heterocycles. The smallest absolute Gasteiger partial charge is 0.321 e. The average molecular weight is 303 g/mol. The van der Waals surface area contributed by atoms with E-state index in [1.807, 2.05) is 4.72 Å². The summed E-state index contributed by atoms with van der Waals surface area (Å²) in [5.41, 5.74) is 0.582. The van der Waals surface area contributed by atoms with Crippen LogP contribution in [0.2, 0.25) is 0 Å². The molecule has 0 aromatic heterocycles. The molecule has 5 nitrogen and oxygen atoms in total. The van der Waals surface area contributed by atoms with E-state index in [4.69, 9.17) is 5.11 Å². The molecule has 1 atom stereocenters. The molecule has 0 aliphatic heterocycles. The second kappa shape index (κ2) is 6.32. The second-order valence-electron chi connectivity index (χ2n) is 5.08. The van der Waals surface area contributed by atoms with E-state index < -0.39 is 32.7 Å². The lowest BCUT2D eigenvalue weighted by Crippen LogP contribution is -2.41. The number of aryl methyl sites for hydroxylation is 1. The zero-order chi connectivity index (χ0) is 15.5. The number of hydrogen-bond acceptors (Lipinski definition) is 3. The molecule has 0 radical (unpaired) electrons. The van der Waals surface area contributed by atoms with E-state index in [0.29, 0.717) is 5.56 Å². The van der Waals surface area contributed by atoms with Gasteiger partial charge in [0.25, 0.3) is 0 Å². The molecule has 1 rings (SSSR count). The van der Waals surface area contributed by atoms with Crippen LogP contribution in [0.25, 0.3) is 0 Å². The summed E-state index contributed by atoms with van der Waals surface area (Å²) in [5, 5.41) is 9.03. The summed E-state index contributed by atoms with van der Waals surface area (Å²) in [7, 11) is -4.20. The first-order chi connectivity index (χ1) is 9.13.